The Morgan fingerprint density at radius 2 is 1.91 bits per heavy atom. The van der Waals surface area contributed by atoms with Gasteiger partial charge in [0.15, 0.2) is 6.67 Å². The number of anilines is 1. The predicted molar refractivity (Wildman–Crippen MR) is 81.5 cm³/mol. The first kappa shape index (κ1) is 14.2. The highest BCUT2D eigenvalue weighted by atomic mass is 16.7. The summed E-state index contributed by atoms with van der Waals surface area (Å²) in [6.07, 6.45) is 2.47. The summed E-state index contributed by atoms with van der Waals surface area (Å²) in [7, 11) is 0. The third kappa shape index (κ3) is 2.07. The van der Waals surface area contributed by atoms with Gasteiger partial charge in [-0.1, -0.05) is 25.1 Å². The maximum Gasteiger partial charge on any atom is 0.296 e. The lowest BCUT2D eigenvalue weighted by Gasteiger charge is -2.31. The summed E-state index contributed by atoms with van der Waals surface area (Å²) in [6.45, 7) is 6.22. The van der Waals surface area contributed by atoms with Gasteiger partial charge in [0, 0.05) is 5.56 Å². The van der Waals surface area contributed by atoms with Crippen molar-refractivity contribution in [1.29, 1.82) is 0 Å². The van der Waals surface area contributed by atoms with E-state index in [9.17, 15) is 4.79 Å². The molecular weight excluding hydrogens is 280 g/mol. The van der Waals surface area contributed by atoms with Crippen LogP contribution >= 0.6 is 0 Å². The van der Waals surface area contributed by atoms with Crippen molar-refractivity contribution in [2.75, 3.05) is 37.9 Å². The van der Waals surface area contributed by atoms with E-state index >= 15 is 0 Å². The number of carbonyl (C=O) groups excluding carboxylic acids is 1. The molecule has 118 valence electrons. The number of amides is 1. The Kier molecular flexibility index (Phi) is 3.44. The van der Waals surface area contributed by atoms with Crippen molar-refractivity contribution in [3.05, 3.63) is 29.8 Å². The van der Waals surface area contributed by atoms with Gasteiger partial charge in [-0.25, -0.2) is 0 Å². The van der Waals surface area contributed by atoms with Gasteiger partial charge in [0.25, 0.3) is 11.7 Å². The fourth-order valence-electron chi connectivity index (χ4n) is 3.79. The molecule has 5 heteroatoms. The zero-order chi connectivity index (χ0) is 15.2. The van der Waals surface area contributed by atoms with Gasteiger partial charge < -0.3 is 14.4 Å². The molecule has 4 rings (SSSR count). The molecule has 1 aromatic rings. The number of nitrogens with zero attached hydrogens (tertiary/aromatic N) is 1. The minimum absolute atomic E-state index is 0.0580. The van der Waals surface area contributed by atoms with Gasteiger partial charge in [0.1, 0.15) is 0 Å². The molecule has 1 aromatic carbocycles. The highest BCUT2D eigenvalue weighted by Gasteiger charge is 2.56. The Bertz CT molecular complexity index is 575. The zero-order valence-corrected chi connectivity index (χ0v) is 13.0. The van der Waals surface area contributed by atoms with Crippen molar-refractivity contribution in [3.8, 4) is 0 Å². The molecule has 0 aromatic heterocycles. The van der Waals surface area contributed by atoms with Gasteiger partial charge in [-0.3, -0.25) is 9.69 Å². The SMILES string of the molecule is CC1CC[NH+](CN2C(=O)C3(OCCO3)c3ccccc32)CC1. The molecule has 22 heavy (non-hydrogen) atoms. The highest BCUT2D eigenvalue weighted by Crippen LogP contribution is 2.45. The topological polar surface area (TPSA) is 43.2 Å². The predicted octanol–water partition coefficient (Wildman–Crippen LogP) is 0.505. The van der Waals surface area contributed by atoms with Crippen LogP contribution in [0.1, 0.15) is 25.3 Å². The van der Waals surface area contributed by atoms with Crippen LogP contribution in [-0.2, 0) is 20.1 Å². The van der Waals surface area contributed by atoms with Crippen molar-refractivity contribution in [1.82, 2.24) is 0 Å². The molecule has 3 heterocycles. The van der Waals surface area contributed by atoms with Crippen LogP contribution in [0, 0.1) is 5.92 Å². The number of benzene rings is 1. The Labute approximate surface area is 130 Å². The van der Waals surface area contributed by atoms with Crippen LogP contribution in [0.2, 0.25) is 0 Å². The van der Waals surface area contributed by atoms with E-state index in [1.807, 2.05) is 29.2 Å². The van der Waals surface area contributed by atoms with E-state index in [2.05, 4.69) is 6.92 Å². The van der Waals surface area contributed by atoms with Gasteiger partial charge in [-0.05, 0) is 24.8 Å². The maximum absolute atomic E-state index is 13.0. The second-order valence-electron chi connectivity index (χ2n) is 6.65. The van der Waals surface area contributed by atoms with E-state index in [1.54, 1.807) is 0 Å². The fraction of sp³-hybridized carbons (Fsp3) is 0.588. The zero-order valence-electron chi connectivity index (χ0n) is 13.0. The summed E-state index contributed by atoms with van der Waals surface area (Å²) in [6, 6.07) is 7.86. The molecule has 1 spiro atoms. The molecule has 0 saturated carbocycles. The average Bonchev–Trinajstić information content (AvgIpc) is 3.11. The molecule has 2 fully saturated rings. The number of nitrogens with one attached hydrogen (secondary N) is 1. The van der Waals surface area contributed by atoms with Crippen molar-refractivity contribution in [2.24, 2.45) is 5.92 Å². The minimum atomic E-state index is -1.18. The average molecular weight is 303 g/mol. The largest absolute Gasteiger partial charge is 0.336 e. The normalized spacial score (nSPS) is 30.0. The van der Waals surface area contributed by atoms with Crippen LogP contribution in [0.5, 0.6) is 0 Å². The molecule has 0 aliphatic carbocycles. The third-order valence-corrected chi connectivity index (χ3v) is 5.13. The number of quaternary nitrogens is 1. The van der Waals surface area contributed by atoms with Crippen molar-refractivity contribution >= 4 is 11.6 Å². The first-order valence-corrected chi connectivity index (χ1v) is 8.24. The van der Waals surface area contributed by atoms with Crippen molar-refractivity contribution < 1.29 is 19.2 Å². The number of carbonyl (C=O) groups is 1. The van der Waals surface area contributed by atoms with E-state index in [-0.39, 0.29) is 5.91 Å². The van der Waals surface area contributed by atoms with E-state index in [0.29, 0.717) is 19.9 Å². The quantitative estimate of drug-likeness (QED) is 0.865. The van der Waals surface area contributed by atoms with Gasteiger partial charge in [-0.2, -0.15) is 0 Å². The van der Waals surface area contributed by atoms with Crippen LogP contribution in [0.3, 0.4) is 0 Å². The van der Waals surface area contributed by atoms with Gasteiger partial charge in [0.2, 0.25) is 0 Å². The first-order chi connectivity index (χ1) is 10.7. The summed E-state index contributed by atoms with van der Waals surface area (Å²) in [4.78, 5) is 16.3. The number of ether oxygens (including phenoxy) is 2. The molecule has 3 aliphatic heterocycles. The molecule has 1 N–H and O–H groups in total. The minimum Gasteiger partial charge on any atom is -0.336 e. The van der Waals surface area contributed by atoms with E-state index < -0.39 is 5.79 Å². The summed E-state index contributed by atoms with van der Waals surface area (Å²) in [5, 5.41) is 0. The van der Waals surface area contributed by atoms with Crippen molar-refractivity contribution in [2.45, 2.75) is 25.6 Å². The fourth-order valence-corrected chi connectivity index (χ4v) is 3.79. The monoisotopic (exact) mass is 303 g/mol. The lowest BCUT2D eigenvalue weighted by Crippen LogP contribution is -3.14. The van der Waals surface area contributed by atoms with E-state index in [1.165, 1.54) is 17.7 Å². The summed E-state index contributed by atoms with van der Waals surface area (Å²) >= 11 is 0. The number of rotatable bonds is 2. The molecule has 0 bridgehead atoms. The molecule has 2 saturated heterocycles. The molecule has 0 radical (unpaired) electrons. The first-order valence-electron chi connectivity index (χ1n) is 8.24. The highest BCUT2D eigenvalue weighted by molar-refractivity contribution is 6.06. The number of likely N-dealkylation sites (tertiary alicyclic amines) is 1. The van der Waals surface area contributed by atoms with Gasteiger partial charge in [-0.15, -0.1) is 0 Å². The van der Waals surface area contributed by atoms with Crippen LogP contribution in [0.25, 0.3) is 0 Å². The lowest BCUT2D eigenvalue weighted by atomic mass is 10.00. The summed E-state index contributed by atoms with van der Waals surface area (Å²) in [5.74, 6) is -0.436. The Hall–Kier alpha value is -1.43. The Morgan fingerprint density at radius 1 is 1.23 bits per heavy atom. The third-order valence-electron chi connectivity index (χ3n) is 5.13. The molecule has 3 aliphatic rings. The lowest BCUT2D eigenvalue weighted by molar-refractivity contribution is -0.904. The van der Waals surface area contributed by atoms with Crippen LogP contribution in [-0.4, -0.2) is 38.9 Å². The van der Waals surface area contributed by atoms with Crippen LogP contribution in [0.15, 0.2) is 24.3 Å². The summed E-state index contributed by atoms with van der Waals surface area (Å²) < 4.78 is 11.5. The number of fused-ring (bicyclic) bond motifs is 2. The van der Waals surface area contributed by atoms with E-state index in [4.69, 9.17) is 9.47 Å². The number of piperidine rings is 1. The van der Waals surface area contributed by atoms with Crippen LogP contribution in [0.4, 0.5) is 5.69 Å². The van der Waals surface area contributed by atoms with Crippen LogP contribution < -0.4 is 9.80 Å². The number of hydrogen-bond donors (Lipinski definition) is 1. The van der Waals surface area contributed by atoms with E-state index in [0.717, 1.165) is 30.3 Å². The molecular formula is C17H23N2O3+. The second kappa shape index (κ2) is 5.33. The number of para-hydroxylation sites is 1. The second-order valence-corrected chi connectivity index (χ2v) is 6.65. The Morgan fingerprint density at radius 3 is 2.64 bits per heavy atom. The molecule has 0 unspecified atom stereocenters. The smallest absolute Gasteiger partial charge is 0.296 e. The molecule has 1 amide bonds. The molecule has 5 nitrogen and oxygen atoms in total. The van der Waals surface area contributed by atoms with Gasteiger partial charge in [0.05, 0.1) is 32.0 Å². The molecule has 0 atom stereocenters. The standard InChI is InChI=1S/C17H22N2O3/c1-13-6-8-18(9-7-13)12-19-15-5-3-2-4-14(15)17(16(19)20)21-10-11-22-17/h2-5,13H,6-12H2,1H3/p+1. The maximum atomic E-state index is 13.0. The van der Waals surface area contributed by atoms with Gasteiger partial charge >= 0.3 is 0 Å². The van der Waals surface area contributed by atoms with Crippen molar-refractivity contribution in [3.63, 3.8) is 0 Å². The Balaban J connectivity index is 1.62. The number of hydrogen-bond acceptors (Lipinski definition) is 3. The summed E-state index contributed by atoms with van der Waals surface area (Å²) in [5.41, 5.74) is 1.81.